The number of carbonyl (C=O) groups is 2. The Balaban J connectivity index is 2.58. The van der Waals surface area contributed by atoms with E-state index in [4.69, 9.17) is 9.84 Å². The molecule has 0 spiro atoms. The van der Waals surface area contributed by atoms with Crippen LogP contribution in [0.1, 0.15) is 18.1 Å². The van der Waals surface area contributed by atoms with E-state index in [0.29, 0.717) is 13.0 Å². The summed E-state index contributed by atoms with van der Waals surface area (Å²) in [6, 6.07) is 5.80. The first kappa shape index (κ1) is 14.0. The molecule has 0 radical (unpaired) electrons. The highest BCUT2D eigenvalue weighted by molar-refractivity contribution is 6.31. The molecule has 1 rings (SSSR count). The molecule has 18 heavy (non-hydrogen) atoms. The average molecular weight is 251 g/mol. The lowest BCUT2D eigenvalue weighted by Crippen LogP contribution is -2.32. The van der Waals surface area contributed by atoms with Gasteiger partial charge in [-0.05, 0) is 30.0 Å². The van der Waals surface area contributed by atoms with Crippen LogP contribution in [-0.2, 0) is 22.4 Å². The van der Waals surface area contributed by atoms with Crippen LogP contribution in [0.2, 0.25) is 0 Å². The number of hydrogen-bond acceptors (Lipinski definition) is 3. The number of aliphatic carboxylic acids is 1. The van der Waals surface area contributed by atoms with Crippen molar-refractivity contribution < 1.29 is 19.4 Å². The van der Waals surface area contributed by atoms with E-state index in [-0.39, 0.29) is 0 Å². The zero-order chi connectivity index (χ0) is 13.5. The molecule has 5 heteroatoms. The molecule has 0 aromatic heterocycles. The third kappa shape index (κ3) is 3.76. The Labute approximate surface area is 106 Å². The lowest BCUT2D eigenvalue weighted by molar-refractivity contribution is -0.150. The second-order valence-electron chi connectivity index (χ2n) is 3.81. The lowest BCUT2D eigenvalue weighted by Gasteiger charge is -2.09. The number of carbonyl (C=O) groups excluding carboxylic acids is 1. The van der Waals surface area contributed by atoms with Gasteiger partial charge in [-0.3, -0.25) is 4.79 Å². The van der Waals surface area contributed by atoms with Crippen LogP contribution in [0.5, 0.6) is 5.75 Å². The minimum Gasteiger partial charge on any atom is -0.496 e. The summed E-state index contributed by atoms with van der Waals surface area (Å²) in [5, 5.41) is 10.7. The number of amides is 1. The van der Waals surface area contributed by atoms with Crippen LogP contribution in [0.3, 0.4) is 0 Å². The van der Waals surface area contributed by atoms with Gasteiger partial charge in [0.15, 0.2) is 0 Å². The Bertz CT molecular complexity index is 443. The van der Waals surface area contributed by atoms with E-state index in [2.05, 4.69) is 5.32 Å². The topological polar surface area (TPSA) is 75.6 Å². The zero-order valence-corrected chi connectivity index (χ0v) is 10.5. The van der Waals surface area contributed by atoms with Crippen molar-refractivity contribution in [3.8, 4) is 5.75 Å². The van der Waals surface area contributed by atoms with Crippen LogP contribution < -0.4 is 10.1 Å². The molecule has 1 aromatic carbocycles. The number of ether oxygens (including phenoxy) is 1. The molecule has 0 heterocycles. The summed E-state index contributed by atoms with van der Waals surface area (Å²) in [6.45, 7) is 2.34. The van der Waals surface area contributed by atoms with E-state index in [0.717, 1.165) is 23.3 Å². The monoisotopic (exact) mass is 251 g/mol. The number of rotatable bonds is 5. The number of benzene rings is 1. The number of methoxy groups -OCH3 is 1. The number of carboxylic acid groups (broad SMARTS) is 1. The quantitative estimate of drug-likeness (QED) is 0.765. The fraction of sp³-hybridized carbons (Fsp3) is 0.385. The highest BCUT2D eigenvalue weighted by atomic mass is 16.5. The van der Waals surface area contributed by atoms with E-state index >= 15 is 0 Å². The van der Waals surface area contributed by atoms with Crippen LogP contribution in [0.15, 0.2) is 18.2 Å². The number of hydrogen-bond donors (Lipinski definition) is 2. The van der Waals surface area contributed by atoms with Gasteiger partial charge in [0.05, 0.1) is 7.11 Å². The predicted octanol–water partition coefficient (Wildman–Crippen LogP) is 1.00. The molecule has 5 nitrogen and oxygen atoms in total. The van der Waals surface area contributed by atoms with Gasteiger partial charge in [-0.1, -0.05) is 19.1 Å². The second kappa shape index (κ2) is 6.64. The van der Waals surface area contributed by atoms with Gasteiger partial charge in [0, 0.05) is 6.54 Å². The number of carboxylic acids is 1. The molecule has 0 saturated carbocycles. The van der Waals surface area contributed by atoms with Gasteiger partial charge >= 0.3 is 11.9 Å². The lowest BCUT2D eigenvalue weighted by atomic mass is 10.1. The van der Waals surface area contributed by atoms with Crippen molar-refractivity contribution in [2.24, 2.45) is 0 Å². The van der Waals surface area contributed by atoms with Crippen LogP contribution in [-0.4, -0.2) is 30.6 Å². The van der Waals surface area contributed by atoms with Crippen molar-refractivity contribution in [1.29, 1.82) is 0 Å². The van der Waals surface area contributed by atoms with E-state index in [9.17, 15) is 9.59 Å². The van der Waals surface area contributed by atoms with Crippen molar-refractivity contribution in [2.45, 2.75) is 19.8 Å². The van der Waals surface area contributed by atoms with Gasteiger partial charge in [-0.15, -0.1) is 0 Å². The molecule has 0 unspecified atom stereocenters. The van der Waals surface area contributed by atoms with Crippen molar-refractivity contribution in [2.75, 3.05) is 13.7 Å². The Hall–Kier alpha value is -2.04. The normalized spacial score (nSPS) is 9.89. The second-order valence-corrected chi connectivity index (χ2v) is 3.81. The smallest absolute Gasteiger partial charge is 0.394 e. The third-order valence-corrected chi connectivity index (χ3v) is 2.62. The molecule has 0 bridgehead atoms. The molecule has 0 atom stereocenters. The average Bonchev–Trinajstić information content (AvgIpc) is 2.38. The maximum Gasteiger partial charge on any atom is 0.394 e. The molecule has 0 fully saturated rings. The summed E-state index contributed by atoms with van der Waals surface area (Å²) in [6.07, 6.45) is 1.45. The van der Waals surface area contributed by atoms with Crippen LogP contribution >= 0.6 is 0 Å². The molecule has 98 valence electrons. The predicted molar refractivity (Wildman–Crippen MR) is 66.7 cm³/mol. The first-order valence-corrected chi connectivity index (χ1v) is 5.75. The minimum absolute atomic E-state index is 0.306. The molecule has 0 aliphatic heterocycles. The summed E-state index contributed by atoms with van der Waals surface area (Å²) >= 11 is 0. The van der Waals surface area contributed by atoms with Crippen molar-refractivity contribution in [1.82, 2.24) is 5.32 Å². The van der Waals surface area contributed by atoms with E-state index in [1.807, 2.05) is 25.1 Å². The summed E-state index contributed by atoms with van der Waals surface area (Å²) in [5.74, 6) is -1.59. The molecule has 0 aliphatic carbocycles. The Kier molecular flexibility index (Phi) is 5.17. The fourth-order valence-electron chi connectivity index (χ4n) is 1.66. The number of nitrogens with one attached hydrogen (secondary N) is 1. The summed E-state index contributed by atoms with van der Waals surface area (Å²) in [4.78, 5) is 21.1. The third-order valence-electron chi connectivity index (χ3n) is 2.62. The summed E-state index contributed by atoms with van der Waals surface area (Å²) < 4.78 is 5.22. The fourth-order valence-corrected chi connectivity index (χ4v) is 1.66. The Morgan fingerprint density at radius 3 is 2.67 bits per heavy atom. The Morgan fingerprint density at radius 2 is 2.11 bits per heavy atom. The van der Waals surface area contributed by atoms with Crippen LogP contribution in [0, 0.1) is 0 Å². The SMILES string of the molecule is CCc1cc(CCNC(=O)C(=O)O)ccc1OC. The maximum absolute atomic E-state index is 10.8. The van der Waals surface area contributed by atoms with Gasteiger partial charge in [0.2, 0.25) is 0 Å². The molecular weight excluding hydrogens is 234 g/mol. The zero-order valence-electron chi connectivity index (χ0n) is 10.5. The van der Waals surface area contributed by atoms with Gasteiger partial charge in [-0.25, -0.2) is 4.79 Å². The summed E-state index contributed by atoms with van der Waals surface area (Å²) in [5.41, 5.74) is 2.14. The van der Waals surface area contributed by atoms with Gasteiger partial charge < -0.3 is 15.2 Å². The minimum atomic E-state index is -1.46. The van der Waals surface area contributed by atoms with Gasteiger partial charge in [0.25, 0.3) is 0 Å². The summed E-state index contributed by atoms with van der Waals surface area (Å²) in [7, 11) is 1.63. The highest BCUT2D eigenvalue weighted by Gasteiger charge is 2.09. The molecule has 0 saturated heterocycles. The number of aryl methyl sites for hydroxylation is 1. The van der Waals surface area contributed by atoms with E-state index < -0.39 is 11.9 Å². The largest absolute Gasteiger partial charge is 0.496 e. The van der Waals surface area contributed by atoms with E-state index in [1.54, 1.807) is 7.11 Å². The van der Waals surface area contributed by atoms with Crippen LogP contribution in [0.4, 0.5) is 0 Å². The van der Waals surface area contributed by atoms with Crippen molar-refractivity contribution in [3.63, 3.8) is 0 Å². The van der Waals surface area contributed by atoms with Gasteiger partial charge in [-0.2, -0.15) is 0 Å². The van der Waals surface area contributed by atoms with Gasteiger partial charge in [0.1, 0.15) is 5.75 Å². The maximum atomic E-state index is 10.8. The van der Waals surface area contributed by atoms with Crippen molar-refractivity contribution in [3.05, 3.63) is 29.3 Å². The first-order chi connectivity index (χ1) is 8.58. The molecule has 0 aliphatic rings. The first-order valence-electron chi connectivity index (χ1n) is 5.75. The Morgan fingerprint density at radius 1 is 1.39 bits per heavy atom. The van der Waals surface area contributed by atoms with E-state index in [1.165, 1.54) is 0 Å². The molecule has 1 amide bonds. The molecule has 2 N–H and O–H groups in total. The van der Waals surface area contributed by atoms with Crippen LogP contribution in [0.25, 0.3) is 0 Å². The van der Waals surface area contributed by atoms with Crippen molar-refractivity contribution >= 4 is 11.9 Å². The highest BCUT2D eigenvalue weighted by Crippen LogP contribution is 2.20. The standard InChI is InChI=1S/C13H17NO4/c1-3-10-8-9(4-5-11(10)18-2)6-7-14-12(15)13(16)17/h4-5,8H,3,6-7H2,1-2H3,(H,14,15)(H,16,17). The molecular formula is C13H17NO4. The molecule has 1 aromatic rings.